The van der Waals surface area contributed by atoms with E-state index in [1.54, 1.807) is 6.92 Å². The van der Waals surface area contributed by atoms with Crippen LogP contribution < -0.4 is 0 Å². The topological polar surface area (TPSA) is 71.6 Å². The Bertz CT molecular complexity index is 643. The first-order valence-electron chi connectivity index (χ1n) is 10.2. The number of hydrogen-bond donors (Lipinski definition) is 1. The van der Waals surface area contributed by atoms with Crippen molar-refractivity contribution in [1.82, 2.24) is 9.88 Å². The predicted octanol–water partition coefficient (Wildman–Crippen LogP) is 3.75. The van der Waals surface area contributed by atoms with Crippen molar-refractivity contribution in [1.29, 1.82) is 0 Å². The number of ether oxygens (including phenoxy) is 2. The second-order valence-electron chi connectivity index (χ2n) is 7.32. The highest BCUT2D eigenvalue weighted by atomic mass is 16.5. The third-order valence-corrected chi connectivity index (χ3v) is 5.52. The molecule has 2 heterocycles. The molecule has 1 aromatic rings. The van der Waals surface area contributed by atoms with E-state index < -0.39 is 0 Å². The van der Waals surface area contributed by atoms with Crippen LogP contribution in [0.3, 0.4) is 0 Å². The Labute approximate surface area is 162 Å². The fourth-order valence-electron chi connectivity index (χ4n) is 3.79. The minimum Gasteiger partial charge on any atom is -0.461 e. The minimum absolute atomic E-state index is 0.0236. The molecule has 6 heteroatoms. The predicted molar refractivity (Wildman–Crippen MR) is 105 cm³/mol. The highest BCUT2D eigenvalue weighted by molar-refractivity contribution is 5.90. The second-order valence-corrected chi connectivity index (χ2v) is 7.32. The zero-order valence-electron chi connectivity index (χ0n) is 17.4. The lowest BCUT2D eigenvalue weighted by molar-refractivity contribution is -0.138. The Hall–Kier alpha value is -1.82. The van der Waals surface area contributed by atoms with Crippen molar-refractivity contribution in [3.05, 3.63) is 22.5 Å². The summed E-state index contributed by atoms with van der Waals surface area (Å²) in [5.74, 6) is -0.148. The van der Waals surface area contributed by atoms with Crippen molar-refractivity contribution >= 4 is 11.9 Å². The summed E-state index contributed by atoms with van der Waals surface area (Å²) in [7, 11) is 0. The van der Waals surface area contributed by atoms with E-state index in [0.717, 1.165) is 49.1 Å². The van der Waals surface area contributed by atoms with Crippen molar-refractivity contribution < 1.29 is 19.1 Å². The molecule has 1 amide bonds. The molecule has 1 N–H and O–H groups in total. The number of carbonyl (C=O) groups excluding carboxylic acids is 2. The molecule has 0 spiro atoms. The average Bonchev–Trinajstić information content (AvgIpc) is 3.25. The molecule has 0 bridgehead atoms. The molecule has 1 saturated heterocycles. The molecule has 0 radical (unpaired) electrons. The van der Waals surface area contributed by atoms with Crippen molar-refractivity contribution in [2.45, 2.75) is 73.0 Å². The van der Waals surface area contributed by atoms with Gasteiger partial charge in [-0.1, -0.05) is 13.8 Å². The number of hydrogen-bond acceptors (Lipinski definition) is 4. The van der Waals surface area contributed by atoms with Crippen LogP contribution in [0.25, 0.3) is 0 Å². The second kappa shape index (κ2) is 9.93. The number of aromatic amines is 1. The highest BCUT2D eigenvalue weighted by Gasteiger charge is 2.28. The summed E-state index contributed by atoms with van der Waals surface area (Å²) < 4.78 is 10.9. The van der Waals surface area contributed by atoms with Gasteiger partial charge in [0.2, 0.25) is 5.91 Å². The molecule has 6 nitrogen and oxygen atoms in total. The fraction of sp³-hybridized carbons (Fsp3) is 0.714. The van der Waals surface area contributed by atoms with Gasteiger partial charge in [-0.2, -0.15) is 0 Å². The zero-order chi connectivity index (χ0) is 20.0. The molecule has 27 heavy (non-hydrogen) atoms. The fourth-order valence-corrected chi connectivity index (χ4v) is 3.79. The summed E-state index contributed by atoms with van der Waals surface area (Å²) in [6, 6.07) is 0. The quantitative estimate of drug-likeness (QED) is 0.664. The summed E-state index contributed by atoms with van der Waals surface area (Å²) in [5, 5.41) is 0. The van der Waals surface area contributed by atoms with Crippen LogP contribution in [0.2, 0.25) is 0 Å². The van der Waals surface area contributed by atoms with Crippen LogP contribution >= 0.6 is 0 Å². The Morgan fingerprint density at radius 3 is 2.52 bits per heavy atom. The van der Waals surface area contributed by atoms with Gasteiger partial charge in [0.05, 0.1) is 12.7 Å². The normalized spacial score (nSPS) is 16.7. The number of H-pyrrole nitrogens is 1. The molecule has 2 rings (SSSR count). The lowest BCUT2D eigenvalue weighted by Crippen LogP contribution is -2.40. The third kappa shape index (κ3) is 5.12. The number of rotatable bonds is 9. The SMILES string of the molecule is CCOC(=O)c1[nH]c(C)c(CN(C[C@H]2CCCO2)C(=O)C(CC)CC)c1C. The molecular weight excluding hydrogens is 344 g/mol. The highest BCUT2D eigenvalue weighted by Crippen LogP contribution is 2.24. The number of aromatic nitrogens is 1. The Morgan fingerprint density at radius 2 is 1.96 bits per heavy atom. The third-order valence-electron chi connectivity index (χ3n) is 5.52. The monoisotopic (exact) mass is 378 g/mol. The Kier molecular flexibility index (Phi) is 7.90. The molecule has 1 fully saturated rings. The lowest BCUT2D eigenvalue weighted by Gasteiger charge is -2.29. The number of nitrogens with zero attached hydrogens (tertiary/aromatic N) is 1. The van der Waals surface area contributed by atoms with E-state index in [1.807, 2.05) is 18.7 Å². The van der Waals surface area contributed by atoms with E-state index in [1.165, 1.54) is 0 Å². The van der Waals surface area contributed by atoms with Gasteiger partial charge >= 0.3 is 5.97 Å². The first-order chi connectivity index (χ1) is 12.9. The lowest BCUT2D eigenvalue weighted by atomic mass is 10.0. The van der Waals surface area contributed by atoms with Gasteiger partial charge in [-0.25, -0.2) is 4.79 Å². The zero-order valence-corrected chi connectivity index (χ0v) is 17.4. The van der Waals surface area contributed by atoms with Crippen LogP contribution in [0, 0.1) is 19.8 Å². The molecule has 1 aromatic heterocycles. The van der Waals surface area contributed by atoms with E-state index in [0.29, 0.717) is 25.4 Å². The van der Waals surface area contributed by atoms with Crippen LogP contribution in [-0.2, 0) is 20.8 Å². The first-order valence-corrected chi connectivity index (χ1v) is 10.2. The van der Waals surface area contributed by atoms with Crippen molar-refractivity contribution in [3.63, 3.8) is 0 Å². The molecule has 0 unspecified atom stereocenters. The number of nitrogens with one attached hydrogen (secondary N) is 1. The Balaban J connectivity index is 2.25. The summed E-state index contributed by atoms with van der Waals surface area (Å²) in [6.45, 7) is 12.0. The molecular formula is C21H34N2O4. The van der Waals surface area contributed by atoms with Crippen LogP contribution in [-0.4, -0.2) is 47.6 Å². The van der Waals surface area contributed by atoms with Crippen molar-refractivity contribution in [2.75, 3.05) is 19.8 Å². The van der Waals surface area contributed by atoms with Crippen LogP contribution in [0.4, 0.5) is 0 Å². The van der Waals surface area contributed by atoms with Crippen molar-refractivity contribution in [2.24, 2.45) is 5.92 Å². The maximum Gasteiger partial charge on any atom is 0.355 e. The van der Waals surface area contributed by atoms with E-state index in [4.69, 9.17) is 9.47 Å². The van der Waals surface area contributed by atoms with Gasteiger partial charge < -0.3 is 19.4 Å². The number of carbonyl (C=O) groups is 2. The van der Waals surface area contributed by atoms with E-state index in [9.17, 15) is 9.59 Å². The summed E-state index contributed by atoms with van der Waals surface area (Å²) in [4.78, 5) is 30.4. The number of amides is 1. The molecule has 152 valence electrons. The maximum atomic E-state index is 13.1. The van der Waals surface area contributed by atoms with Gasteiger partial charge in [-0.15, -0.1) is 0 Å². The van der Waals surface area contributed by atoms with Gasteiger partial charge in [0, 0.05) is 31.3 Å². The largest absolute Gasteiger partial charge is 0.461 e. The van der Waals surface area contributed by atoms with E-state index >= 15 is 0 Å². The smallest absolute Gasteiger partial charge is 0.355 e. The molecule has 1 aliphatic rings. The minimum atomic E-state index is -0.346. The van der Waals surface area contributed by atoms with Crippen LogP contribution in [0.1, 0.15) is 73.8 Å². The first kappa shape index (κ1) is 21.5. The van der Waals surface area contributed by atoms with E-state index in [2.05, 4.69) is 18.8 Å². The summed E-state index contributed by atoms with van der Waals surface area (Å²) in [5.41, 5.74) is 3.25. The average molecular weight is 379 g/mol. The van der Waals surface area contributed by atoms with Gasteiger partial charge in [0.25, 0.3) is 0 Å². The molecule has 1 aliphatic heterocycles. The van der Waals surface area contributed by atoms with Gasteiger partial charge in [0.1, 0.15) is 5.69 Å². The van der Waals surface area contributed by atoms with Crippen LogP contribution in [0.5, 0.6) is 0 Å². The number of esters is 1. The molecule has 0 aromatic carbocycles. The van der Waals surface area contributed by atoms with Gasteiger partial charge in [-0.05, 0) is 57.6 Å². The maximum absolute atomic E-state index is 13.1. The molecule has 1 atom stereocenters. The molecule has 0 aliphatic carbocycles. The van der Waals surface area contributed by atoms with Gasteiger partial charge in [0.15, 0.2) is 0 Å². The van der Waals surface area contributed by atoms with E-state index in [-0.39, 0.29) is 23.9 Å². The number of aryl methyl sites for hydroxylation is 1. The van der Waals surface area contributed by atoms with Crippen LogP contribution in [0.15, 0.2) is 0 Å². The Morgan fingerprint density at radius 1 is 1.26 bits per heavy atom. The van der Waals surface area contributed by atoms with Crippen molar-refractivity contribution in [3.8, 4) is 0 Å². The summed E-state index contributed by atoms with van der Waals surface area (Å²) >= 11 is 0. The molecule has 0 saturated carbocycles. The van der Waals surface area contributed by atoms with Gasteiger partial charge in [-0.3, -0.25) is 4.79 Å². The standard InChI is InChI=1S/C21H34N2O4/c1-6-16(7-2)20(24)23(12-17-10-9-11-27-17)13-18-14(4)19(22-15(18)5)21(25)26-8-3/h16-17,22H,6-13H2,1-5H3/t17-/m1/s1. The summed E-state index contributed by atoms with van der Waals surface area (Å²) in [6.07, 6.45) is 3.80.